The first-order valence-electron chi connectivity index (χ1n) is 4.43. The number of hydrogen-bond donors (Lipinski definition) is 0. The predicted octanol–water partition coefficient (Wildman–Crippen LogP) is 1.27. The van der Waals surface area contributed by atoms with Gasteiger partial charge in [-0.1, -0.05) is 13.8 Å². The van der Waals surface area contributed by atoms with E-state index in [9.17, 15) is 9.59 Å². The van der Waals surface area contributed by atoms with Gasteiger partial charge in [-0.2, -0.15) is 0 Å². The Bertz CT molecular complexity index is 333. The summed E-state index contributed by atoms with van der Waals surface area (Å²) in [6.07, 6.45) is 2.71. The maximum atomic E-state index is 11.4. The molecule has 0 bridgehead atoms. The third-order valence-corrected chi connectivity index (χ3v) is 1.85. The molecule has 1 rings (SSSR count). The molecule has 0 aliphatic carbocycles. The molecule has 4 nitrogen and oxygen atoms in total. The molecule has 1 aromatic heterocycles. The van der Waals surface area contributed by atoms with Crippen LogP contribution in [0.2, 0.25) is 0 Å². The predicted molar refractivity (Wildman–Crippen MR) is 50.8 cm³/mol. The fourth-order valence-corrected chi connectivity index (χ4v) is 0.909. The summed E-state index contributed by atoms with van der Waals surface area (Å²) in [6, 6.07) is 1.51. The highest BCUT2D eigenvalue weighted by Crippen LogP contribution is 2.04. The summed E-state index contributed by atoms with van der Waals surface area (Å²) in [5.74, 6) is -0.416. The number of ketones is 2. The van der Waals surface area contributed by atoms with E-state index in [1.54, 1.807) is 13.8 Å². The van der Waals surface area contributed by atoms with Gasteiger partial charge in [-0.3, -0.25) is 9.59 Å². The van der Waals surface area contributed by atoms with Gasteiger partial charge in [0.2, 0.25) is 0 Å². The Hall–Kier alpha value is -1.58. The molecule has 0 aliphatic heterocycles. The fraction of sp³-hybridized carbons (Fsp3) is 0.400. The molecule has 0 spiro atoms. The lowest BCUT2D eigenvalue weighted by Gasteiger charge is -2.02. The van der Waals surface area contributed by atoms with Crippen LogP contribution in [0.4, 0.5) is 0 Å². The Kier molecular flexibility index (Phi) is 3.45. The van der Waals surface area contributed by atoms with Gasteiger partial charge < -0.3 is 0 Å². The van der Waals surface area contributed by atoms with Crippen LogP contribution < -0.4 is 0 Å². The fourth-order valence-electron chi connectivity index (χ4n) is 0.909. The number of Topliss-reactive ketones (excluding diaryl/α,β-unsaturated/α-hetero) is 2. The molecule has 0 amide bonds. The molecule has 4 heteroatoms. The molecule has 0 saturated heterocycles. The van der Waals surface area contributed by atoms with Crippen LogP contribution in [-0.4, -0.2) is 21.5 Å². The third-order valence-electron chi connectivity index (χ3n) is 1.85. The van der Waals surface area contributed by atoms with Gasteiger partial charge in [-0.05, 0) is 6.07 Å². The largest absolute Gasteiger partial charge is 0.299 e. The lowest BCUT2D eigenvalue weighted by atomic mass is 10.0. The minimum Gasteiger partial charge on any atom is -0.299 e. The van der Waals surface area contributed by atoms with Gasteiger partial charge in [-0.15, -0.1) is 0 Å². The van der Waals surface area contributed by atoms with Gasteiger partial charge in [0.05, 0.1) is 6.42 Å². The molecule has 0 aromatic carbocycles. The Balaban J connectivity index is 2.65. The summed E-state index contributed by atoms with van der Waals surface area (Å²) in [6.45, 7) is 3.55. The summed E-state index contributed by atoms with van der Waals surface area (Å²) in [7, 11) is 0. The van der Waals surface area contributed by atoms with Crippen LogP contribution in [0, 0.1) is 5.92 Å². The number of rotatable bonds is 4. The molecule has 0 aliphatic rings. The SMILES string of the molecule is CC(C)C(=O)CC(=O)c1ccncn1. The van der Waals surface area contributed by atoms with E-state index in [2.05, 4.69) is 9.97 Å². The van der Waals surface area contributed by atoms with Gasteiger partial charge in [0.15, 0.2) is 5.78 Å². The molecular weight excluding hydrogens is 180 g/mol. The second-order valence-electron chi connectivity index (χ2n) is 3.32. The van der Waals surface area contributed by atoms with Crippen molar-refractivity contribution in [1.82, 2.24) is 9.97 Å². The second-order valence-corrected chi connectivity index (χ2v) is 3.32. The van der Waals surface area contributed by atoms with Crippen molar-refractivity contribution in [2.45, 2.75) is 20.3 Å². The normalized spacial score (nSPS) is 10.2. The van der Waals surface area contributed by atoms with E-state index in [1.165, 1.54) is 18.6 Å². The van der Waals surface area contributed by atoms with E-state index in [0.29, 0.717) is 5.69 Å². The van der Waals surface area contributed by atoms with Crippen LogP contribution in [0.5, 0.6) is 0 Å². The van der Waals surface area contributed by atoms with Crippen molar-refractivity contribution in [3.8, 4) is 0 Å². The summed E-state index contributed by atoms with van der Waals surface area (Å²) >= 11 is 0. The zero-order valence-electron chi connectivity index (χ0n) is 8.23. The molecule has 0 fully saturated rings. The number of hydrogen-bond acceptors (Lipinski definition) is 4. The molecule has 74 valence electrons. The van der Waals surface area contributed by atoms with E-state index in [1.807, 2.05) is 0 Å². The van der Waals surface area contributed by atoms with Gasteiger partial charge >= 0.3 is 0 Å². The van der Waals surface area contributed by atoms with Crippen LogP contribution >= 0.6 is 0 Å². The molecule has 0 radical (unpaired) electrons. The van der Waals surface area contributed by atoms with Crippen molar-refractivity contribution in [3.63, 3.8) is 0 Å². The molecule has 1 heterocycles. The zero-order chi connectivity index (χ0) is 10.6. The van der Waals surface area contributed by atoms with E-state index in [0.717, 1.165) is 0 Å². The highest BCUT2D eigenvalue weighted by atomic mass is 16.1. The molecule has 14 heavy (non-hydrogen) atoms. The first kappa shape index (κ1) is 10.5. The lowest BCUT2D eigenvalue weighted by Crippen LogP contribution is -2.14. The average molecular weight is 192 g/mol. The number of nitrogens with zero attached hydrogens (tertiary/aromatic N) is 2. The Morgan fingerprint density at radius 3 is 2.64 bits per heavy atom. The highest BCUT2D eigenvalue weighted by molar-refractivity contribution is 6.07. The van der Waals surface area contributed by atoms with Crippen LogP contribution in [0.1, 0.15) is 30.8 Å². The van der Waals surface area contributed by atoms with Crippen molar-refractivity contribution in [2.75, 3.05) is 0 Å². The zero-order valence-corrected chi connectivity index (χ0v) is 8.23. The molecule has 0 saturated carbocycles. The summed E-state index contributed by atoms with van der Waals surface area (Å²) < 4.78 is 0. The van der Waals surface area contributed by atoms with Crippen molar-refractivity contribution >= 4 is 11.6 Å². The molecule has 1 aromatic rings. The average Bonchev–Trinajstić information content (AvgIpc) is 2.19. The quantitative estimate of drug-likeness (QED) is 0.532. The van der Waals surface area contributed by atoms with Crippen LogP contribution in [0.25, 0.3) is 0 Å². The minimum absolute atomic E-state index is 0.0615. The smallest absolute Gasteiger partial charge is 0.188 e. The number of carbonyl (C=O) groups is 2. The molecular formula is C10H12N2O2. The Morgan fingerprint density at radius 1 is 1.43 bits per heavy atom. The van der Waals surface area contributed by atoms with E-state index >= 15 is 0 Å². The van der Waals surface area contributed by atoms with Crippen molar-refractivity contribution in [3.05, 3.63) is 24.3 Å². The Morgan fingerprint density at radius 2 is 2.14 bits per heavy atom. The van der Waals surface area contributed by atoms with Crippen molar-refractivity contribution in [2.24, 2.45) is 5.92 Å². The first-order chi connectivity index (χ1) is 6.61. The standard InChI is InChI=1S/C10H12N2O2/c1-7(2)9(13)5-10(14)8-3-4-11-6-12-8/h3-4,6-7H,5H2,1-2H3. The van der Waals surface area contributed by atoms with Crippen LogP contribution in [0.3, 0.4) is 0 Å². The van der Waals surface area contributed by atoms with Gasteiger partial charge in [0.25, 0.3) is 0 Å². The molecule has 0 unspecified atom stereocenters. The summed E-state index contributed by atoms with van der Waals surface area (Å²) in [5, 5.41) is 0. The van der Waals surface area contributed by atoms with E-state index in [-0.39, 0.29) is 23.9 Å². The van der Waals surface area contributed by atoms with Crippen LogP contribution in [-0.2, 0) is 4.79 Å². The maximum Gasteiger partial charge on any atom is 0.188 e. The van der Waals surface area contributed by atoms with Gasteiger partial charge in [0, 0.05) is 12.1 Å². The summed E-state index contributed by atoms with van der Waals surface area (Å²) in [5.41, 5.74) is 0.300. The Labute approximate surface area is 82.4 Å². The van der Waals surface area contributed by atoms with E-state index < -0.39 is 0 Å². The number of carbonyl (C=O) groups excluding carboxylic acids is 2. The van der Waals surface area contributed by atoms with E-state index in [4.69, 9.17) is 0 Å². The highest BCUT2D eigenvalue weighted by Gasteiger charge is 2.14. The van der Waals surface area contributed by atoms with Gasteiger partial charge in [0.1, 0.15) is 17.8 Å². The van der Waals surface area contributed by atoms with Crippen LogP contribution in [0.15, 0.2) is 18.6 Å². The molecule has 0 atom stereocenters. The minimum atomic E-state index is -0.244. The maximum absolute atomic E-state index is 11.4. The van der Waals surface area contributed by atoms with Crippen molar-refractivity contribution in [1.29, 1.82) is 0 Å². The molecule has 0 N–H and O–H groups in total. The van der Waals surface area contributed by atoms with Crippen molar-refractivity contribution < 1.29 is 9.59 Å². The topological polar surface area (TPSA) is 59.9 Å². The van der Waals surface area contributed by atoms with Gasteiger partial charge in [-0.25, -0.2) is 9.97 Å². The number of aromatic nitrogens is 2. The lowest BCUT2D eigenvalue weighted by molar-refractivity contribution is -0.121. The first-order valence-corrected chi connectivity index (χ1v) is 4.43. The summed E-state index contributed by atoms with van der Waals surface area (Å²) in [4.78, 5) is 30.2. The second kappa shape index (κ2) is 4.60. The monoisotopic (exact) mass is 192 g/mol. The third kappa shape index (κ3) is 2.73.